The summed E-state index contributed by atoms with van der Waals surface area (Å²) in [5.74, 6) is -0.178. The van der Waals surface area contributed by atoms with Crippen LogP contribution in [0.2, 0.25) is 0 Å². The van der Waals surface area contributed by atoms with Gasteiger partial charge in [0.15, 0.2) is 0 Å². The standard InChI is InChI=1S/C16H32N2O3/c1-6-9-17-16(3,15(19)21-5)11-13(2)18-10-7-8-14(12-18)20-4/h13-14,17H,6-12H2,1-5H3. The molecule has 5 nitrogen and oxygen atoms in total. The molecule has 0 amide bonds. The number of esters is 1. The van der Waals surface area contributed by atoms with E-state index in [9.17, 15) is 4.79 Å². The third-order valence-electron chi connectivity index (χ3n) is 4.47. The second kappa shape index (κ2) is 8.71. The lowest BCUT2D eigenvalue weighted by molar-refractivity contribution is -0.149. The fraction of sp³-hybridized carbons (Fsp3) is 0.938. The third kappa shape index (κ3) is 5.24. The van der Waals surface area contributed by atoms with Crippen molar-refractivity contribution in [3.05, 3.63) is 0 Å². The van der Waals surface area contributed by atoms with Crippen molar-refractivity contribution in [3.63, 3.8) is 0 Å². The largest absolute Gasteiger partial charge is 0.468 e. The van der Waals surface area contributed by atoms with E-state index in [2.05, 4.69) is 24.1 Å². The first-order chi connectivity index (χ1) is 9.96. The lowest BCUT2D eigenvalue weighted by Crippen LogP contribution is -2.55. The molecule has 5 heteroatoms. The highest BCUT2D eigenvalue weighted by molar-refractivity contribution is 5.80. The normalized spacial score (nSPS) is 24.3. The van der Waals surface area contributed by atoms with Gasteiger partial charge in [-0.15, -0.1) is 0 Å². The van der Waals surface area contributed by atoms with Crippen LogP contribution in [-0.2, 0) is 14.3 Å². The number of carbonyl (C=O) groups excluding carboxylic acids is 1. The molecule has 1 aliphatic rings. The average Bonchev–Trinajstić information content (AvgIpc) is 2.52. The summed E-state index contributed by atoms with van der Waals surface area (Å²) < 4.78 is 10.5. The Labute approximate surface area is 129 Å². The number of ether oxygens (including phenoxy) is 2. The van der Waals surface area contributed by atoms with Crippen LogP contribution >= 0.6 is 0 Å². The first-order valence-corrected chi connectivity index (χ1v) is 8.07. The van der Waals surface area contributed by atoms with Crippen molar-refractivity contribution in [1.29, 1.82) is 0 Å². The SMILES string of the molecule is CCCNC(C)(CC(C)N1CCCC(OC)C1)C(=O)OC. The maximum absolute atomic E-state index is 12.2. The molecule has 1 N–H and O–H groups in total. The summed E-state index contributed by atoms with van der Waals surface area (Å²) >= 11 is 0. The Morgan fingerprint density at radius 1 is 1.48 bits per heavy atom. The zero-order valence-electron chi connectivity index (χ0n) is 14.3. The van der Waals surface area contributed by atoms with Gasteiger partial charge >= 0.3 is 5.97 Å². The minimum atomic E-state index is -0.621. The number of hydrogen-bond donors (Lipinski definition) is 1. The molecule has 1 aliphatic heterocycles. The molecule has 0 bridgehead atoms. The van der Waals surface area contributed by atoms with E-state index in [1.54, 1.807) is 7.11 Å². The lowest BCUT2D eigenvalue weighted by Gasteiger charge is -2.39. The molecule has 0 saturated carbocycles. The Balaban J connectivity index is 2.66. The summed E-state index contributed by atoms with van der Waals surface area (Å²) in [5, 5.41) is 3.36. The monoisotopic (exact) mass is 300 g/mol. The molecule has 3 atom stereocenters. The molecule has 1 heterocycles. The van der Waals surface area contributed by atoms with Crippen LogP contribution in [0.3, 0.4) is 0 Å². The second-order valence-corrected chi connectivity index (χ2v) is 6.30. The molecule has 21 heavy (non-hydrogen) atoms. The first-order valence-electron chi connectivity index (χ1n) is 8.07. The predicted molar refractivity (Wildman–Crippen MR) is 84.4 cm³/mol. The Morgan fingerprint density at radius 2 is 2.19 bits per heavy atom. The molecule has 3 unspecified atom stereocenters. The van der Waals surface area contributed by atoms with Crippen molar-refractivity contribution in [2.45, 2.75) is 64.1 Å². The van der Waals surface area contributed by atoms with Gasteiger partial charge in [0.2, 0.25) is 0 Å². The van der Waals surface area contributed by atoms with Crippen LogP contribution in [0.4, 0.5) is 0 Å². The van der Waals surface area contributed by atoms with Crippen molar-refractivity contribution in [2.75, 3.05) is 33.9 Å². The number of nitrogens with one attached hydrogen (secondary N) is 1. The highest BCUT2D eigenvalue weighted by Crippen LogP contribution is 2.22. The Kier molecular flexibility index (Phi) is 7.63. The Bertz CT molecular complexity index is 325. The molecule has 1 saturated heterocycles. The van der Waals surface area contributed by atoms with Gasteiger partial charge in [0.1, 0.15) is 5.54 Å². The molecule has 0 aromatic heterocycles. The zero-order valence-corrected chi connectivity index (χ0v) is 14.3. The number of piperidine rings is 1. The van der Waals surface area contributed by atoms with Crippen molar-refractivity contribution in [3.8, 4) is 0 Å². The summed E-state index contributed by atoms with van der Waals surface area (Å²) in [5.41, 5.74) is -0.621. The molecule has 0 aromatic rings. The number of likely N-dealkylation sites (tertiary alicyclic amines) is 1. The number of hydrogen-bond acceptors (Lipinski definition) is 5. The van der Waals surface area contributed by atoms with Crippen LogP contribution < -0.4 is 5.32 Å². The lowest BCUT2D eigenvalue weighted by atomic mass is 9.91. The van der Waals surface area contributed by atoms with E-state index < -0.39 is 5.54 Å². The quantitative estimate of drug-likeness (QED) is 0.693. The van der Waals surface area contributed by atoms with Gasteiger partial charge in [-0.2, -0.15) is 0 Å². The van der Waals surface area contributed by atoms with E-state index in [1.807, 2.05) is 6.92 Å². The van der Waals surface area contributed by atoms with E-state index in [1.165, 1.54) is 7.11 Å². The number of rotatable bonds is 8. The second-order valence-electron chi connectivity index (χ2n) is 6.30. The van der Waals surface area contributed by atoms with E-state index in [0.29, 0.717) is 12.1 Å². The van der Waals surface area contributed by atoms with E-state index in [4.69, 9.17) is 9.47 Å². The molecule has 0 aromatic carbocycles. The van der Waals surface area contributed by atoms with Crippen LogP contribution in [-0.4, -0.2) is 62.4 Å². The Morgan fingerprint density at radius 3 is 2.76 bits per heavy atom. The molecule has 0 aliphatic carbocycles. The maximum atomic E-state index is 12.2. The van der Waals surface area contributed by atoms with Crippen LogP contribution in [0.5, 0.6) is 0 Å². The van der Waals surface area contributed by atoms with Gasteiger partial charge in [0, 0.05) is 19.7 Å². The first kappa shape index (κ1) is 18.4. The summed E-state index contributed by atoms with van der Waals surface area (Å²) in [6.45, 7) is 9.07. The number of nitrogens with zero attached hydrogens (tertiary/aromatic N) is 1. The minimum absolute atomic E-state index is 0.178. The topological polar surface area (TPSA) is 50.8 Å². The van der Waals surface area contributed by atoms with Gasteiger partial charge in [-0.05, 0) is 52.6 Å². The highest BCUT2D eigenvalue weighted by Gasteiger charge is 2.37. The van der Waals surface area contributed by atoms with Gasteiger partial charge in [0.25, 0.3) is 0 Å². The average molecular weight is 300 g/mol. The third-order valence-corrected chi connectivity index (χ3v) is 4.47. The van der Waals surface area contributed by atoms with Crippen molar-refractivity contribution in [1.82, 2.24) is 10.2 Å². The van der Waals surface area contributed by atoms with Crippen LogP contribution in [0, 0.1) is 0 Å². The van der Waals surface area contributed by atoms with Crippen LogP contribution in [0.15, 0.2) is 0 Å². The minimum Gasteiger partial charge on any atom is -0.468 e. The molecular formula is C16H32N2O3. The van der Waals surface area contributed by atoms with Gasteiger partial charge in [0.05, 0.1) is 13.2 Å². The molecule has 0 radical (unpaired) electrons. The summed E-state index contributed by atoms with van der Waals surface area (Å²) in [4.78, 5) is 14.6. The van der Waals surface area contributed by atoms with Crippen LogP contribution in [0.25, 0.3) is 0 Å². The maximum Gasteiger partial charge on any atom is 0.325 e. The molecule has 124 valence electrons. The summed E-state index contributed by atoms with van der Waals surface area (Å²) in [6, 6.07) is 0.316. The van der Waals surface area contributed by atoms with E-state index in [-0.39, 0.29) is 5.97 Å². The van der Waals surface area contributed by atoms with Gasteiger partial charge in [-0.25, -0.2) is 0 Å². The Hall–Kier alpha value is -0.650. The fourth-order valence-electron chi connectivity index (χ4n) is 3.13. The highest BCUT2D eigenvalue weighted by atomic mass is 16.5. The van der Waals surface area contributed by atoms with Gasteiger partial charge < -0.3 is 14.8 Å². The fourth-order valence-corrected chi connectivity index (χ4v) is 3.13. The molecule has 1 fully saturated rings. The zero-order chi connectivity index (χ0) is 15.9. The smallest absolute Gasteiger partial charge is 0.325 e. The van der Waals surface area contributed by atoms with Crippen molar-refractivity contribution < 1.29 is 14.3 Å². The summed E-state index contributed by atoms with van der Waals surface area (Å²) in [6.07, 6.45) is 4.34. The predicted octanol–water partition coefficient (Wildman–Crippen LogP) is 1.81. The van der Waals surface area contributed by atoms with Gasteiger partial charge in [-0.1, -0.05) is 6.92 Å². The summed E-state index contributed by atoms with van der Waals surface area (Å²) in [7, 11) is 3.24. The molecular weight excluding hydrogens is 268 g/mol. The number of carbonyl (C=O) groups is 1. The van der Waals surface area contributed by atoms with Crippen molar-refractivity contribution >= 4 is 5.97 Å². The van der Waals surface area contributed by atoms with E-state index >= 15 is 0 Å². The van der Waals surface area contributed by atoms with Gasteiger partial charge in [-0.3, -0.25) is 9.69 Å². The molecule has 1 rings (SSSR count). The van der Waals surface area contributed by atoms with Crippen LogP contribution in [0.1, 0.15) is 46.5 Å². The van der Waals surface area contributed by atoms with E-state index in [0.717, 1.165) is 45.3 Å². The van der Waals surface area contributed by atoms with Crippen molar-refractivity contribution in [2.24, 2.45) is 0 Å². The number of methoxy groups -OCH3 is 2. The molecule has 0 spiro atoms.